The lowest BCUT2D eigenvalue weighted by molar-refractivity contribution is -0.330. The quantitative estimate of drug-likeness (QED) is 0.341. The number of ether oxygens (including phenoxy) is 2. The van der Waals surface area contributed by atoms with E-state index in [2.05, 4.69) is 35.7 Å². The Morgan fingerprint density at radius 1 is 1.21 bits per heavy atom. The number of fused-ring (bicyclic) bond motifs is 1. The molecule has 0 bridgehead atoms. The first-order valence-corrected chi connectivity index (χ1v) is 11.8. The van der Waals surface area contributed by atoms with Crippen molar-refractivity contribution < 1.29 is 45.0 Å². The van der Waals surface area contributed by atoms with Gasteiger partial charge in [0.2, 0.25) is 0 Å². The topological polar surface area (TPSA) is 118 Å². The van der Waals surface area contributed by atoms with Gasteiger partial charge in [-0.2, -0.15) is 23.4 Å². The van der Waals surface area contributed by atoms with Gasteiger partial charge in [0.1, 0.15) is 24.4 Å². The van der Waals surface area contributed by atoms with Gasteiger partial charge in [-0.05, 0) is 38.7 Å². The summed E-state index contributed by atoms with van der Waals surface area (Å²) < 4.78 is 102. The number of carbonyl (C=O) groups is 1. The fraction of sp³-hybridized carbons (Fsp3) is 0.545. The van der Waals surface area contributed by atoms with Crippen LogP contribution in [0.25, 0.3) is 5.52 Å². The van der Waals surface area contributed by atoms with Crippen molar-refractivity contribution in [2.24, 2.45) is 0 Å². The summed E-state index contributed by atoms with van der Waals surface area (Å²) in [7, 11) is 0. The monoisotopic (exact) mass is 565 g/mol. The summed E-state index contributed by atoms with van der Waals surface area (Å²) in [4.78, 5) is 15.6. The Labute approximate surface area is 215 Å². The molecule has 39 heavy (non-hydrogen) atoms. The molecule has 3 heterocycles. The van der Waals surface area contributed by atoms with E-state index in [-0.39, 0.29) is 29.0 Å². The number of nitrogens with one attached hydrogen (secondary N) is 3. The van der Waals surface area contributed by atoms with Crippen LogP contribution in [0.15, 0.2) is 18.3 Å². The van der Waals surface area contributed by atoms with Crippen molar-refractivity contribution in [1.82, 2.24) is 30.1 Å². The van der Waals surface area contributed by atoms with E-state index in [9.17, 15) is 31.1 Å². The average Bonchev–Trinajstić information content (AvgIpc) is 3.18. The van der Waals surface area contributed by atoms with E-state index in [0.717, 1.165) is 23.4 Å². The largest absolute Gasteiger partial charge is 0.522 e. The average molecular weight is 565 g/mol. The van der Waals surface area contributed by atoms with E-state index in [1.54, 1.807) is 0 Å². The zero-order chi connectivity index (χ0) is 28.2. The smallest absolute Gasteiger partial charge is 0.443 e. The molecule has 2 aliphatic rings. The first-order valence-electron chi connectivity index (χ1n) is 11.8. The molecule has 0 aromatic carbocycles. The SMILES string of the molecule is CC1(NC(=O)O[C@@H]2CC[C@H](c3cc(Nc4nc(C(F)(F)F)cn5nc(COC(F)(F)F)cc45)n[nH]3)[C@@H]2F)CC1. The molecule has 1 amide bonds. The Hall–Kier alpha value is -3.63. The third-order valence-electron chi connectivity index (χ3n) is 6.59. The first kappa shape index (κ1) is 27.0. The van der Waals surface area contributed by atoms with Gasteiger partial charge in [0.05, 0.1) is 11.9 Å². The minimum absolute atomic E-state index is 0.0241. The van der Waals surface area contributed by atoms with Crippen molar-refractivity contribution in [3.63, 3.8) is 0 Å². The second kappa shape index (κ2) is 9.53. The van der Waals surface area contributed by atoms with E-state index >= 15 is 4.39 Å². The number of rotatable bonds is 7. The highest BCUT2D eigenvalue weighted by molar-refractivity contribution is 5.73. The second-order valence-corrected chi connectivity index (χ2v) is 9.76. The minimum atomic E-state index is -4.96. The fourth-order valence-corrected chi connectivity index (χ4v) is 4.31. The molecule has 3 N–H and O–H groups in total. The number of aromatic nitrogens is 5. The Kier molecular flexibility index (Phi) is 6.59. The molecule has 0 radical (unpaired) electrons. The van der Waals surface area contributed by atoms with Gasteiger partial charge in [-0.15, -0.1) is 13.2 Å². The molecule has 0 aliphatic heterocycles. The highest BCUT2D eigenvalue weighted by Crippen LogP contribution is 2.40. The maximum Gasteiger partial charge on any atom is 0.522 e. The standard InChI is InChI=1S/C22H22F7N7O3/c1-20(4-5-20)32-19(37)39-14-3-2-11(17(14)23)12-7-16(34-33-12)31-18-13-6-10(9-38-22(27,28)29)35-36(13)8-15(30-18)21(24,25)26/h6-8,11,14,17H,2-5,9H2,1H3,(H,32,37)(H2,30,31,33,34)/t11-,14-,17+/m1/s1. The highest BCUT2D eigenvalue weighted by atomic mass is 19.4. The molecule has 212 valence electrons. The van der Waals surface area contributed by atoms with Gasteiger partial charge in [-0.25, -0.2) is 18.7 Å². The lowest BCUT2D eigenvalue weighted by Gasteiger charge is -2.19. The van der Waals surface area contributed by atoms with Crippen LogP contribution in [-0.4, -0.2) is 55.1 Å². The first-order chi connectivity index (χ1) is 18.2. The van der Waals surface area contributed by atoms with Crippen molar-refractivity contribution >= 4 is 23.2 Å². The van der Waals surface area contributed by atoms with E-state index in [1.807, 2.05) is 6.92 Å². The van der Waals surface area contributed by atoms with Crippen LogP contribution in [-0.2, 0) is 22.3 Å². The van der Waals surface area contributed by atoms with Gasteiger partial charge in [-0.1, -0.05) is 0 Å². The number of anilines is 2. The number of aromatic amines is 1. The van der Waals surface area contributed by atoms with Gasteiger partial charge in [-0.3, -0.25) is 9.84 Å². The van der Waals surface area contributed by atoms with Gasteiger partial charge in [0.25, 0.3) is 0 Å². The molecule has 0 spiro atoms. The fourth-order valence-electron chi connectivity index (χ4n) is 4.31. The van der Waals surface area contributed by atoms with Crippen molar-refractivity contribution in [1.29, 1.82) is 0 Å². The summed E-state index contributed by atoms with van der Waals surface area (Å²) in [5.74, 6) is -1.15. The summed E-state index contributed by atoms with van der Waals surface area (Å²) in [5.41, 5.74) is -1.76. The van der Waals surface area contributed by atoms with Gasteiger partial charge in [0.15, 0.2) is 17.3 Å². The summed E-state index contributed by atoms with van der Waals surface area (Å²) >= 11 is 0. The Bertz CT molecular complexity index is 1370. The molecular weight excluding hydrogens is 543 g/mol. The zero-order valence-corrected chi connectivity index (χ0v) is 20.2. The predicted molar refractivity (Wildman–Crippen MR) is 119 cm³/mol. The number of nitrogens with zero attached hydrogens (tertiary/aromatic N) is 4. The summed E-state index contributed by atoms with van der Waals surface area (Å²) in [6.07, 6.45) is -10.4. The lowest BCUT2D eigenvalue weighted by atomic mass is 10.0. The third-order valence-corrected chi connectivity index (χ3v) is 6.59. The number of alkyl halides is 7. The molecule has 3 atom stereocenters. The Balaban J connectivity index is 1.32. The molecular formula is C22H22F7N7O3. The number of carbonyl (C=O) groups excluding carboxylic acids is 1. The molecule has 0 saturated heterocycles. The molecule has 2 fully saturated rings. The van der Waals surface area contributed by atoms with Gasteiger partial charge >= 0.3 is 18.6 Å². The number of hydrogen-bond donors (Lipinski definition) is 3. The number of amides is 1. The Morgan fingerprint density at radius 3 is 2.62 bits per heavy atom. The lowest BCUT2D eigenvalue weighted by Crippen LogP contribution is -2.38. The molecule has 17 heteroatoms. The maximum absolute atomic E-state index is 15.1. The van der Waals surface area contributed by atoms with Crippen LogP contribution in [0.1, 0.15) is 55.6 Å². The van der Waals surface area contributed by atoms with Crippen LogP contribution in [0, 0.1) is 0 Å². The van der Waals surface area contributed by atoms with Crippen molar-refractivity contribution in [2.45, 2.75) is 75.5 Å². The molecule has 10 nitrogen and oxygen atoms in total. The van der Waals surface area contributed by atoms with Crippen LogP contribution in [0.5, 0.6) is 0 Å². The highest BCUT2D eigenvalue weighted by Gasteiger charge is 2.43. The normalized spacial score (nSPS) is 22.7. The number of halogens is 7. The van der Waals surface area contributed by atoms with E-state index in [1.165, 1.54) is 6.07 Å². The number of H-pyrrole nitrogens is 1. The molecule has 3 aromatic heterocycles. The molecule has 5 rings (SSSR count). The third kappa shape index (κ3) is 6.17. The zero-order valence-electron chi connectivity index (χ0n) is 20.2. The summed E-state index contributed by atoms with van der Waals surface area (Å²) in [6.45, 7) is 0.824. The van der Waals surface area contributed by atoms with Crippen LogP contribution in [0.3, 0.4) is 0 Å². The summed E-state index contributed by atoms with van der Waals surface area (Å²) in [6, 6.07) is 2.45. The van der Waals surface area contributed by atoms with Crippen LogP contribution in [0.4, 0.5) is 47.2 Å². The number of hydrogen-bond acceptors (Lipinski definition) is 7. The van der Waals surface area contributed by atoms with Crippen molar-refractivity contribution in [2.75, 3.05) is 5.32 Å². The van der Waals surface area contributed by atoms with E-state index in [4.69, 9.17) is 4.74 Å². The number of alkyl carbamates (subject to hydrolysis) is 1. The molecule has 2 saturated carbocycles. The van der Waals surface area contributed by atoms with Gasteiger partial charge in [0, 0.05) is 23.2 Å². The molecule has 3 aromatic rings. The maximum atomic E-state index is 15.1. The minimum Gasteiger partial charge on any atom is -0.443 e. The summed E-state index contributed by atoms with van der Waals surface area (Å²) in [5, 5.41) is 15.6. The van der Waals surface area contributed by atoms with Crippen molar-refractivity contribution in [3.05, 3.63) is 35.4 Å². The van der Waals surface area contributed by atoms with E-state index < -0.39 is 54.9 Å². The van der Waals surface area contributed by atoms with Crippen molar-refractivity contribution in [3.8, 4) is 0 Å². The second-order valence-electron chi connectivity index (χ2n) is 9.76. The predicted octanol–water partition coefficient (Wildman–Crippen LogP) is 5.11. The van der Waals surface area contributed by atoms with Crippen LogP contribution in [0.2, 0.25) is 0 Å². The molecule has 2 aliphatic carbocycles. The Morgan fingerprint density at radius 2 is 1.95 bits per heavy atom. The van der Waals surface area contributed by atoms with Gasteiger partial charge < -0.3 is 15.4 Å². The van der Waals surface area contributed by atoms with E-state index in [0.29, 0.717) is 18.3 Å². The van der Waals surface area contributed by atoms with Crippen LogP contribution >= 0.6 is 0 Å². The van der Waals surface area contributed by atoms with Crippen LogP contribution < -0.4 is 10.6 Å². The molecule has 0 unspecified atom stereocenters.